The third kappa shape index (κ3) is 5.03. The van der Waals surface area contributed by atoms with Crippen molar-refractivity contribution in [3.8, 4) is 0 Å². The number of nitrogens with one attached hydrogen (secondary N) is 3. The molecule has 1 aliphatic heterocycles. The molecule has 1 saturated heterocycles. The Morgan fingerprint density at radius 1 is 1.15 bits per heavy atom. The molecule has 10 nitrogen and oxygen atoms in total. The summed E-state index contributed by atoms with van der Waals surface area (Å²) in [4.78, 5) is 31.1. The van der Waals surface area contributed by atoms with Crippen LogP contribution in [0.15, 0.2) is 6.20 Å². The molecule has 0 aromatic carbocycles. The first kappa shape index (κ1) is 19.3. The number of nitro groups is 1. The Hall–Kier alpha value is -2.49. The minimum atomic E-state index is -0.475. The monoisotopic (exact) mass is 378 g/mol. The summed E-state index contributed by atoms with van der Waals surface area (Å²) in [6, 6.07) is 0.256. The Balaban J connectivity index is 1.66. The highest BCUT2D eigenvalue weighted by Gasteiger charge is 2.28. The Morgan fingerprint density at radius 3 is 2.44 bits per heavy atom. The second kappa shape index (κ2) is 8.94. The lowest BCUT2D eigenvalue weighted by atomic mass is 9.85. The molecule has 1 saturated carbocycles. The van der Waals surface area contributed by atoms with Crippen LogP contribution in [-0.2, 0) is 9.53 Å². The first-order chi connectivity index (χ1) is 13.1. The first-order valence-electron chi connectivity index (χ1n) is 9.40. The molecule has 3 rings (SSSR count). The lowest BCUT2D eigenvalue weighted by molar-refractivity contribution is -0.384. The van der Waals surface area contributed by atoms with Gasteiger partial charge in [-0.25, -0.2) is 4.98 Å². The van der Waals surface area contributed by atoms with Crippen molar-refractivity contribution in [2.24, 2.45) is 5.92 Å². The highest BCUT2D eigenvalue weighted by Crippen LogP contribution is 2.30. The summed E-state index contributed by atoms with van der Waals surface area (Å²) in [6.45, 7) is 1.37. The van der Waals surface area contributed by atoms with Gasteiger partial charge >= 0.3 is 5.69 Å². The normalized spacial score (nSPS) is 23.4. The fraction of sp³-hybridized carbons (Fsp3) is 0.706. The van der Waals surface area contributed by atoms with Crippen LogP contribution in [0.25, 0.3) is 0 Å². The number of ether oxygens (including phenoxy) is 1. The Bertz CT molecular complexity index is 671. The SMILES string of the molecule is CNC(=O)C1CCC(Nc2nc(NC3CCOCC3)ncc2[N+](=O)[O-])CC1. The van der Waals surface area contributed by atoms with Crippen LogP contribution >= 0.6 is 0 Å². The molecule has 0 bridgehead atoms. The molecule has 0 radical (unpaired) electrons. The van der Waals surface area contributed by atoms with Gasteiger partial charge in [0.15, 0.2) is 0 Å². The Kier molecular flexibility index (Phi) is 6.38. The number of hydrogen-bond donors (Lipinski definition) is 3. The molecule has 2 aliphatic rings. The number of carbonyl (C=O) groups excluding carboxylic acids is 1. The summed E-state index contributed by atoms with van der Waals surface area (Å²) in [5.74, 6) is 0.686. The maximum Gasteiger partial charge on any atom is 0.329 e. The average molecular weight is 378 g/mol. The number of aromatic nitrogens is 2. The van der Waals surface area contributed by atoms with E-state index < -0.39 is 4.92 Å². The van der Waals surface area contributed by atoms with Gasteiger partial charge in [-0.15, -0.1) is 0 Å². The van der Waals surface area contributed by atoms with E-state index in [4.69, 9.17) is 4.74 Å². The molecule has 1 amide bonds. The number of nitrogens with zero attached hydrogens (tertiary/aromatic N) is 3. The van der Waals surface area contributed by atoms with Gasteiger partial charge in [0.1, 0.15) is 6.20 Å². The molecule has 0 spiro atoms. The van der Waals surface area contributed by atoms with Crippen LogP contribution in [-0.4, -0.2) is 53.1 Å². The quantitative estimate of drug-likeness (QED) is 0.503. The van der Waals surface area contributed by atoms with E-state index in [1.165, 1.54) is 6.20 Å². The van der Waals surface area contributed by atoms with Gasteiger partial charge in [0.05, 0.1) is 4.92 Å². The van der Waals surface area contributed by atoms with Crippen molar-refractivity contribution in [1.82, 2.24) is 15.3 Å². The van der Waals surface area contributed by atoms with E-state index in [0.29, 0.717) is 19.2 Å². The van der Waals surface area contributed by atoms with Gasteiger partial charge < -0.3 is 20.7 Å². The van der Waals surface area contributed by atoms with Crippen LogP contribution in [0.3, 0.4) is 0 Å². The minimum Gasteiger partial charge on any atom is -0.381 e. The zero-order valence-corrected chi connectivity index (χ0v) is 15.4. The summed E-state index contributed by atoms with van der Waals surface area (Å²) < 4.78 is 5.33. The molecular weight excluding hydrogens is 352 g/mol. The fourth-order valence-corrected chi connectivity index (χ4v) is 3.61. The van der Waals surface area contributed by atoms with E-state index in [1.807, 2.05) is 0 Å². The predicted octanol–water partition coefficient (Wildman–Crippen LogP) is 1.69. The fourth-order valence-electron chi connectivity index (χ4n) is 3.61. The highest BCUT2D eigenvalue weighted by atomic mass is 16.6. The second-order valence-corrected chi connectivity index (χ2v) is 7.02. The van der Waals surface area contributed by atoms with E-state index in [0.717, 1.165) is 38.5 Å². The topological polar surface area (TPSA) is 131 Å². The summed E-state index contributed by atoms with van der Waals surface area (Å²) >= 11 is 0. The van der Waals surface area contributed by atoms with Gasteiger partial charge in [-0.1, -0.05) is 0 Å². The number of anilines is 2. The van der Waals surface area contributed by atoms with Gasteiger partial charge in [0.2, 0.25) is 17.7 Å². The van der Waals surface area contributed by atoms with E-state index in [-0.39, 0.29) is 35.4 Å². The molecule has 10 heteroatoms. The zero-order chi connectivity index (χ0) is 19.2. The molecule has 1 aromatic heterocycles. The molecule has 27 heavy (non-hydrogen) atoms. The number of carbonyl (C=O) groups is 1. The number of hydrogen-bond acceptors (Lipinski definition) is 8. The molecule has 1 aromatic rings. The third-order valence-electron chi connectivity index (χ3n) is 5.21. The summed E-state index contributed by atoms with van der Waals surface area (Å²) in [6.07, 6.45) is 5.99. The predicted molar refractivity (Wildman–Crippen MR) is 99.6 cm³/mol. The molecule has 2 heterocycles. The molecule has 3 N–H and O–H groups in total. The van der Waals surface area contributed by atoms with Crippen molar-refractivity contribution >= 4 is 23.4 Å². The maximum absolute atomic E-state index is 11.8. The molecule has 1 aliphatic carbocycles. The maximum atomic E-state index is 11.8. The Labute approximate surface area is 157 Å². The van der Waals surface area contributed by atoms with Crippen LogP contribution in [0.5, 0.6) is 0 Å². The molecule has 148 valence electrons. The van der Waals surface area contributed by atoms with Crippen molar-refractivity contribution in [2.45, 2.75) is 50.6 Å². The van der Waals surface area contributed by atoms with Crippen LogP contribution < -0.4 is 16.0 Å². The second-order valence-electron chi connectivity index (χ2n) is 7.02. The molecular formula is C17H26N6O4. The summed E-state index contributed by atoms with van der Waals surface area (Å²) in [5, 5.41) is 20.5. The third-order valence-corrected chi connectivity index (χ3v) is 5.21. The standard InChI is InChI=1S/C17H26N6O4/c1-18-16(24)11-2-4-12(5-3-11)20-15-14(23(25)26)10-19-17(22-15)21-13-6-8-27-9-7-13/h10-13H,2-9H2,1H3,(H,18,24)(H2,19,20,21,22). The minimum absolute atomic E-state index is 0.0131. The zero-order valence-electron chi connectivity index (χ0n) is 15.4. The lowest BCUT2D eigenvalue weighted by Crippen LogP contribution is -2.34. The first-order valence-corrected chi connectivity index (χ1v) is 9.40. The van der Waals surface area contributed by atoms with Crippen molar-refractivity contribution in [3.63, 3.8) is 0 Å². The van der Waals surface area contributed by atoms with Crippen molar-refractivity contribution in [2.75, 3.05) is 30.9 Å². The van der Waals surface area contributed by atoms with E-state index in [1.54, 1.807) is 7.05 Å². The molecule has 0 atom stereocenters. The van der Waals surface area contributed by atoms with Crippen LogP contribution in [0.1, 0.15) is 38.5 Å². The van der Waals surface area contributed by atoms with Crippen LogP contribution in [0.2, 0.25) is 0 Å². The number of rotatable bonds is 6. The van der Waals surface area contributed by atoms with Gasteiger partial charge in [0.25, 0.3) is 0 Å². The Morgan fingerprint density at radius 2 is 1.81 bits per heavy atom. The smallest absolute Gasteiger partial charge is 0.329 e. The summed E-state index contributed by atoms with van der Waals surface area (Å²) in [7, 11) is 1.64. The van der Waals surface area contributed by atoms with Crippen LogP contribution in [0, 0.1) is 16.0 Å². The van der Waals surface area contributed by atoms with Crippen LogP contribution in [0.4, 0.5) is 17.5 Å². The van der Waals surface area contributed by atoms with Gasteiger partial charge in [0, 0.05) is 38.3 Å². The van der Waals surface area contributed by atoms with Gasteiger partial charge in [-0.05, 0) is 38.5 Å². The van der Waals surface area contributed by atoms with Crippen molar-refractivity contribution < 1.29 is 14.5 Å². The lowest BCUT2D eigenvalue weighted by Gasteiger charge is -2.28. The van der Waals surface area contributed by atoms with E-state index in [9.17, 15) is 14.9 Å². The average Bonchev–Trinajstić information content (AvgIpc) is 2.69. The van der Waals surface area contributed by atoms with E-state index >= 15 is 0 Å². The highest BCUT2D eigenvalue weighted by molar-refractivity contribution is 5.78. The molecule has 0 unspecified atom stereocenters. The van der Waals surface area contributed by atoms with Crippen molar-refractivity contribution in [3.05, 3.63) is 16.3 Å². The summed E-state index contributed by atoms with van der Waals surface area (Å²) in [5.41, 5.74) is -0.138. The van der Waals surface area contributed by atoms with Gasteiger partial charge in [-0.3, -0.25) is 14.9 Å². The molecule has 2 fully saturated rings. The number of amides is 1. The van der Waals surface area contributed by atoms with Gasteiger partial charge in [-0.2, -0.15) is 4.98 Å². The van der Waals surface area contributed by atoms with E-state index in [2.05, 4.69) is 25.9 Å². The van der Waals surface area contributed by atoms with Crippen molar-refractivity contribution in [1.29, 1.82) is 0 Å². The largest absolute Gasteiger partial charge is 0.381 e.